The molecule has 4 rings (SSSR count). The van der Waals surface area contributed by atoms with Crippen LogP contribution in [0.2, 0.25) is 0 Å². The van der Waals surface area contributed by atoms with E-state index in [0.29, 0.717) is 16.8 Å². The first-order valence-corrected chi connectivity index (χ1v) is 8.74. The largest absolute Gasteiger partial charge is 0.497 e. The summed E-state index contributed by atoms with van der Waals surface area (Å²) in [6.45, 7) is 0. The molecule has 0 saturated heterocycles. The SMILES string of the molecule is COc1ccc2cc(C=NNC(=O)[C@H]3C[C@@H]3c3ccccc3)c(=O)[nH]c2c1. The summed E-state index contributed by atoms with van der Waals surface area (Å²) in [4.78, 5) is 27.2. The van der Waals surface area contributed by atoms with Gasteiger partial charge in [-0.1, -0.05) is 30.3 Å². The summed E-state index contributed by atoms with van der Waals surface area (Å²) in [5, 5.41) is 4.82. The predicted octanol–water partition coefficient (Wildman–Crippen LogP) is 2.79. The first-order chi connectivity index (χ1) is 13.2. The average Bonchev–Trinajstić information content (AvgIpc) is 3.49. The number of benzene rings is 2. The Kier molecular flexibility index (Phi) is 4.46. The summed E-state index contributed by atoms with van der Waals surface area (Å²) >= 11 is 0. The summed E-state index contributed by atoms with van der Waals surface area (Å²) < 4.78 is 5.16. The lowest BCUT2D eigenvalue weighted by Crippen LogP contribution is -2.21. The fourth-order valence-corrected chi connectivity index (χ4v) is 3.22. The zero-order chi connectivity index (χ0) is 18.8. The Bertz CT molecular complexity index is 1070. The van der Waals surface area contributed by atoms with Crippen molar-refractivity contribution >= 4 is 23.0 Å². The third-order valence-corrected chi connectivity index (χ3v) is 4.82. The topological polar surface area (TPSA) is 83.5 Å². The highest BCUT2D eigenvalue weighted by Crippen LogP contribution is 2.47. The van der Waals surface area contributed by atoms with Gasteiger partial charge in [0.25, 0.3) is 5.56 Å². The number of hydrazone groups is 1. The number of fused-ring (bicyclic) bond motifs is 1. The molecule has 0 bridgehead atoms. The van der Waals surface area contributed by atoms with E-state index < -0.39 is 0 Å². The number of hydrogen-bond acceptors (Lipinski definition) is 4. The monoisotopic (exact) mass is 361 g/mol. The van der Waals surface area contributed by atoms with Crippen molar-refractivity contribution in [1.29, 1.82) is 0 Å². The number of H-pyrrole nitrogens is 1. The number of ether oxygens (including phenoxy) is 1. The minimum atomic E-state index is -0.276. The molecule has 0 unspecified atom stereocenters. The Morgan fingerprint density at radius 3 is 2.81 bits per heavy atom. The van der Waals surface area contributed by atoms with Gasteiger partial charge in [-0.25, -0.2) is 5.43 Å². The third kappa shape index (κ3) is 3.60. The zero-order valence-electron chi connectivity index (χ0n) is 14.8. The molecule has 6 heteroatoms. The van der Waals surface area contributed by atoms with Crippen LogP contribution in [0, 0.1) is 5.92 Å². The van der Waals surface area contributed by atoms with E-state index in [9.17, 15) is 9.59 Å². The van der Waals surface area contributed by atoms with E-state index in [2.05, 4.69) is 15.5 Å². The maximum Gasteiger partial charge on any atom is 0.257 e. The van der Waals surface area contributed by atoms with Gasteiger partial charge in [0.15, 0.2) is 0 Å². The highest BCUT2D eigenvalue weighted by Gasteiger charge is 2.43. The van der Waals surface area contributed by atoms with Gasteiger partial charge in [0, 0.05) is 12.0 Å². The molecular formula is C21H19N3O3. The maximum atomic E-state index is 12.2. The summed E-state index contributed by atoms with van der Waals surface area (Å²) in [6.07, 6.45) is 2.20. The summed E-state index contributed by atoms with van der Waals surface area (Å²) in [6, 6.07) is 17.1. The number of hydrogen-bond donors (Lipinski definition) is 2. The Morgan fingerprint density at radius 1 is 1.22 bits per heavy atom. The molecule has 0 spiro atoms. The van der Waals surface area contributed by atoms with Gasteiger partial charge in [0.05, 0.1) is 24.4 Å². The Balaban J connectivity index is 1.43. The molecule has 1 fully saturated rings. The van der Waals surface area contributed by atoms with Crippen LogP contribution in [0.4, 0.5) is 0 Å². The Morgan fingerprint density at radius 2 is 2.04 bits per heavy atom. The lowest BCUT2D eigenvalue weighted by molar-refractivity contribution is -0.122. The van der Waals surface area contributed by atoms with Crippen molar-refractivity contribution in [2.24, 2.45) is 11.0 Å². The second-order valence-corrected chi connectivity index (χ2v) is 6.60. The lowest BCUT2D eigenvalue weighted by atomic mass is 10.1. The van der Waals surface area contributed by atoms with Gasteiger partial charge in [0.2, 0.25) is 5.91 Å². The number of rotatable bonds is 5. The van der Waals surface area contributed by atoms with Gasteiger partial charge in [-0.15, -0.1) is 0 Å². The zero-order valence-corrected chi connectivity index (χ0v) is 14.8. The van der Waals surface area contributed by atoms with Crippen LogP contribution in [0.5, 0.6) is 5.75 Å². The predicted molar refractivity (Wildman–Crippen MR) is 104 cm³/mol. The van der Waals surface area contributed by atoms with Crippen molar-refractivity contribution in [2.45, 2.75) is 12.3 Å². The van der Waals surface area contributed by atoms with Gasteiger partial charge in [-0.05, 0) is 41.5 Å². The number of aromatic nitrogens is 1. The molecule has 1 heterocycles. The lowest BCUT2D eigenvalue weighted by Gasteiger charge is -2.03. The van der Waals surface area contributed by atoms with Gasteiger partial charge >= 0.3 is 0 Å². The first kappa shape index (κ1) is 17.0. The van der Waals surface area contributed by atoms with Gasteiger partial charge < -0.3 is 9.72 Å². The van der Waals surface area contributed by atoms with Crippen molar-refractivity contribution in [3.8, 4) is 5.75 Å². The summed E-state index contributed by atoms with van der Waals surface area (Å²) in [7, 11) is 1.57. The molecule has 0 radical (unpaired) electrons. The van der Waals surface area contributed by atoms with Crippen molar-refractivity contribution in [3.05, 3.63) is 76.1 Å². The number of nitrogens with zero attached hydrogens (tertiary/aromatic N) is 1. The average molecular weight is 361 g/mol. The minimum absolute atomic E-state index is 0.0631. The number of methoxy groups -OCH3 is 1. The fourth-order valence-electron chi connectivity index (χ4n) is 3.22. The quantitative estimate of drug-likeness (QED) is 0.541. The number of carbonyl (C=O) groups is 1. The van der Waals surface area contributed by atoms with E-state index in [0.717, 1.165) is 11.8 Å². The second kappa shape index (κ2) is 7.07. The number of nitrogens with one attached hydrogen (secondary N) is 2. The Labute approximate surface area is 155 Å². The molecule has 27 heavy (non-hydrogen) atoms. The third-order valence-electron chi connectivity index (χ3n) is 4.82. The molecule has 1 aliphatic carbocycles. The number of aromatic amines is 1. The molecule has 1 aromatic heterocycles. The maximum absolute atomic E-state index is 12.2. The highest BCUT2D eigenvalue weighted by atomic mass is 16.5. The van der Waals surface area contributed by atoms with E-state index in [1.54, 1.807) is 19.2 Å². The number of carbonyl (C=O) groups excluding carboxylic acids is 1. The van der Waals surface area contributed by atoms with Crippen molar-refractivity contribution in [2.75, 3.05) is 7.11 Å². The van der Waals surface area contributed by atoms with Crippen molar-refractivity contribution in [1.82, 2.24) is 10.4 Å². The molecule has 136 valence electrons. The molecule has 6 nitrogen and oxygen atoms in total. The molecule has 1 saturated carbocycles. The molecule has 1 aliphatic rings. The van der Waals surface area contributed by atoms with Crippen molar-refractivity contribution in [3.63, 3.8) is 0 Å². The fraction of sp³-hybridized carbons (Fsp3) is 0.190. The van der Waals surface area contributed by atoms with Crippen LogP contribution in [0.25, 0.3) is 10.9 Å². The van der Waals surface area contributed by atoms with Crippen LogP contribution in [-0.4, -0.2) is 24.2 Å². The van der Waals surface area contributed by atoms with Gasteiger partial charge in [0.1, 0.15) is 5.75 Å². The molecule has 2 N–H and O–H groups in total. The molecular weight excluding hydrogens is 342 g/mol. The molecule has 2 atom stereocenters. The minimum Gasteiger partial charge on any atom is -0.497 e. The number of pyridine rings is 1. The van der Waals surface area contributed by atoms with E-state index in [1.165, 1.54) is 11.8 Å². The standard InChI is InChI=1S/C21H19N3O3/c1-27-16-8-7-14-9-15(20(25)23-19(14)10-16)12-22-24-21(26)18-11-17(18)13-5-3-2-4-6-13/h2-10,12,17-18H,11H2,1H3,(H,23,25)(H,24,26)/t17-,18+/m1/s1. The van der Waals surface area contributed by atoms with Crippen LogP contribution in [0.3, 0.4) is 0 Å². The first-order valence-electron chi connectivity index (χ1n) is 8.74. The smallest absolute Gasteiger partial charge is 0.257 e. The second-order valence-electron chi connectivity index (χ2n) is 6.60. The molecule has 1 amide bonds. The van der Waals surface area contributed by atoms with E-state index in [-0.39, 0.29) is 23.3 Å². The summed E-state index contributed by atoms with van der Waals surface area (Å²) in [5.41, 5.74) is 4.50. The van der Waals surface area contributed by atoms with E-state index in [1.807, 2.05) is 42.5 Å². The normalized spacial score (nSPS) is 18.6. The van der Waals surface area contributed by atoms with Crippen LogP contribution in [0.1, 0.15) is 23.5 Å². The van der Waals surface area contributed by atoms with Crippen LogP contribution in [0.15, 0.2) is 64.5 Å². The summed E-state index contributed by atoms with van der Waals surface area (Å²) in [5.74, 6) is 0.735. The Hall–Kier alpha value is -3.41. The molecule has 2 aromatic carbocycles. The molecule has 3 aromatic rings. The number of amides is 1. The van der Waals surface area contributed by atoms with Gasteiger partial charge in [-0.3, -0.25) is 9.59 Å². The van der Waals surface area contributed by atoms with E-state index in [4.69, 9.17) is 4.74 Å². The van der Waals surface area contributed by atoms with Crippen LogP contribution >= 0.6 is 0 Å². The van der Waals surface area contributed by atoms with Gasteiger partial charge in [-0.2, -0.15) is 5.10 Å². The van der Waals surface area contributed by atoms with Crippen molar-refractivity contribution < 1.29 is 9.53 Å². The molecule has 0 aliphatic heterocycles. The van der Waals surface area contributed by atoms with Crippen LogP contribution in [-0.2, 0) is 4.79 Å². The van der Waals surface area contributed by atoms with E-state index >= 15 is 0 Å². The highest BCUT2D eigenvalue weighted by molar-refractivity contribution is 5.89. The van der Waals surface area contributed by atoms with Crippen LogP contribution < -0.4 is 15.7 Å².